The average Bonchev–Trinajstić information content (AvgIpc) is 3.25. The van der Waals surface area contributed by atoms with Crippen LogP contribution in [0.25, 0.3) is 5.69 Å². The van der Waals surface area contributed by atoms with E-state index in [0.717, 1.165) is 29.8 Å². The van der Waals surface area contributed by atoms with E-state index in [1.165, 1.54) is 29.2 Å². The largest absolute Gasteiger partial charge is 0.480 e. The van der Waals surface area contributed by atoms with Gasteiger partial charge in [-0.3, -0.25) is 9.59 Å². The highest BCUT2D eigenvalue weighted by Crippen LogP contribution is 2.29. The predicted octanol–water partition coefficient (Wildman–Crippen LogP) is 2.58. The summed E-state index contributed by atoms with van der Waals surface area (Å²) >= 11 is 0. The van der Waals surface area contributed by atoms with Gasteiger partial charge in [0.05, 0.1) is 5.69 Å². The van der Waals surface area contributed by atoms with Gasteiger partial charge in [-0.1, -0.05) is 6.07 Å². The quantitative estimate of drug-likeness (QED) is 0.896. The summed E-state index contributed by atoms with van der Waals surface area (Å²) in [7, 11) is 0. The molecule has 1 amide bonds. The standard InChI is InChI=1S/C16H14F3N3O3/c17-16(18,19)13-6-7-22(20-13)12-3-1-2-10(8-12)15(25)21(9-14(23)24)11-4-5-11/h1-3,6-8,11H,4-5,9H2,(H,23,24). The number of nitrogens with zero attached hydrogens (tertiary/aromatic N) is 3. The molecule has 0 saturated heterocycles. The lowest BCUT2D eigenvalue weighted by atomic mass is 10.1. The molecule has 0 unspecified atom stereocenters. The fourth-order valence-electron chi connectivity index (χ4n) is 2.46. The Bertz CT molecular complexity index is 812. The topological polar surface area (TPSA) is 75.4 Å². The molecule has 0 radical (unpaired) electrons. The molecular weight excluding hydrogens is 339 g/mol. The van der Waals surface area contributed by atoms with Gasteiger partial charge in [0.25, 0.3) is 5.91 Å². The maximum Gasteiger partial charge on any atom is 0.435 e. The van der Waals surface area contributed by atoms with Crippen LogP contribution in [-0.4, -0.2) is 44.3 Å². The molecule has 1 N–H and O–H groups in total. The fourth-order valence-corrected chi connectivity index (χ4v) is 2.46. The minimum absolute atomic E-state index is 0.103. The average molecular weight is 353 g/mol. The summed E-state index contributed by atoms with van der Waals surface area (Å²) in [4.78, 5) is 24.8. The molecule has 0 bridgehead atoms. The third-order valence-electron chi connectivity index (χ3n) is 3.79. The molecule has 132 valence electrons. The number of carbonyl (C=O) groups is 2. The Morgan fingerprint density at radius 3 is 2.56 bits per heavy atom. The zero-order valence-corrected chi connectivity index (χ0v) is 12.9. The van der Waals surface area contributed by atoms with Gasteiger partial charge in [0, 0.05) is 17.8 Å². The van der Waals surface area contributed by atoms with Gasteiger partial charge in [-0.05, 0) is 37.1 Å². The third kappa shape index (κ3) is 3.81. The van der Waals surface area contributed by atoms with E-state index >= 15 is 0 Å². The lowest BCUT2D eigenvalue weighted by Gasteiger charge is -2.20. The second kappa shape index (κ2) is 6.23. The van der Waals surface area contributed by atoms with E-state index in [4.69, 9.17) is 5.11 Å². The van der Waals surface area contributed by atoms with E-state index in [-0.39, 0.29) is 17.3 Å². The highest BCUT2D eigenvalue weighted by atomic mass is 19.4. The number of carboxylic acids is 1. The van der Waals surface area contributed by atoms with E-state index in [2.05, 4.69) is 5.10 Å². The van der Waals surface area contributed by atoms with Crippen molar-refractivity contribution in [3.8, 4) is 5.69 Å². The van der Waals surface area contributed by atoms with Crippen LogP contribution in [0.1, 0.15) is 28.9 Å². The van der Waals surface area contributed by atoms with Crippen LogP contribution in [0.3, 0.4) is 0 Å². The van der Waals surface area contributed by atoms with Gasteiger partial charge in [0.1, 0.15) is 6.54 Å². The molecular formula is C16H14F3N3O3. The van der Waals surface area contributed by atoms with Gasteiger partial charge in [-0.2, -0.15) is 18.3 Å². The number of halogens is 3. The lowest BCUT2D eigenvalue weighted by molar-refractivity contribution is -0.141. The van der Waals surface area contributed by atoms with E-state index in [1.807, 2.05) is 0 Å². The summed E-state index contributed by atoms with van der Waals surface area (Å²) in [6.45, 7) is -0.409. The van der Waals surface area contributed by atoms with Crippen LogP contribution >= 0.6 is 0 Å². The van der Waals surface area contributed by atoms with E-state index in [9.17, 15) is 22.8 Å². The highest BCUT2D eigenvalue weighted by Gasteiger charge is 2.35. The molecule has 1 aliphatic carbocycles. The normalized spacial score (nSPS) is 14.4. The smallest absolute Gasteiger partial charge is 0.435 e. The number of aromatic nitrogens is 2. The molecule has 3 rings (SSSR count). The number of benzene rings is 1. The number of hydrogen-bond acceptors (Lipinski definition) is 3. The molecule has 9 heteroatoms. The lowest BCUT2D eigenvalue weighted by Crippen LogP contribution is -2.37. The number of carboxylic acid groups (broad SMARTS) is 1. The molecule has 1 heterocycles. The molecule has 0 atom stereocenters. The van der Waals surface area contributed by atoms with Crippen molar-refractivity contribution in [3.63, 3.8) is 0 Å². The molecule has 1 aromatic heterocycles. The van der Waals surface area contributed by atoms with Crippen molar-refractivity contribution in [2.24, 2.45) is 0 Å². The number of aliphatic carboxylic acids is 1. The number of rotatable bonds is 5. The minimum Gasteiger partial charge on any atom is -0.480 e. The predicted molar refractivity (Wildman–Crippen MR) is 80.3 cm³/mol. The van der Waals surface area contributed by atoms with Gasteiger partial charge in [0.15, 0.2) is 5.69 Å². The molecule has 1 saturated carbocycles. The van der Waals surface area contributed by atoms with Gasteiger partial charge in [-0.15, -0.1) is 0 Å². The zero-order chi connectivity index (χ0) is 18.2. The zero-order valence-electron chi connectivity index (χ0n) is 12.9. The molecule has 1 aliphatic rings. The monoisotopic (exact) mass is 353 g/mol. The summed E-state index contributed by atoms with van der Waals surface area (Å²) < 4.78 is 39.0. The van der Waals surface area contributed by atoms with Crippen molar-refractivity contribution >= 4 is 11.9 Å². The second-order valence-electron chi connectivity index (χ2n) is 5.75. The minimum atomic E-state index is -4.55. The first-order chi connectivity index (χ1) is 11.8. The molecule has 0 spiro atoms. The number of alkyl halides is 3. The van der Waals surface area contributed by atoms with Crippen molar-refractivity contribution in [2.75, 3.05) is 6.54 Å². The van der Waals surface area contributed by atoms with Crippen LogP contribution in [-0.2, 0) is 11.0 Å². The molecule has 1 fully saturated rings. The van der Waals surface area contributed by atoms with Gasteiger partial charge in [0.2, 0.25) is 0 Å². The molecule has 2 aromatic rings. The Labute approximate surface area is 140 Å². The first-order valence-electron chi connectivity index (χ1n) is 7.52. The van der Waals surface area contributed by atoms with Crippen molar-refractivity contribution in [3.05, 3.63) is 47.8 Å². The van der Waals surface area contributed by atoms with Gasteiger partial charge >= 0.3 is 12.1 Å². The van der Waals surface area contributed by atoms with Gasteiger partial charge < -0.3 is 10.0 Å². The Hall–Kier alpha value is -2.84. The van der Waals surface area contributed by atoms with Crippen LogP contribution < -0.4 is 0 Å². The van der Waals surface area contributed by atoms with Crippen LogP contribution in [0.5, 0.6) is 0 Å². The first-order valence-corrected chi connectivity index (χ1v) is 7.52. The maximum atomic E-state index is 12.7. The second-order valence-corrected chi connectivity index (χ2v) is 5.75. The summed E-state index contributed by atoms with van der Waals surface area (Å²) in [5, 5.41) is 12.4. The van der Waals surface area contributed by atoms with Crippen LogP contribution in [0.2, 0.25) is 0 Å². The summed E-state index contributed by atoms with van der Waals surface area (Å²) in [6.07, 6.45) is -1.91. The number of amides is 1. The van der Waals surface area contributed by atoms with Crippen molar-refractivity contribution in [1.29, 1.82) is 0 Å². The Morgan fingerprint density at radius 2 is 2.00 bits per heavy atom. The van der Waals surface area contributed by atoms with E-state index in [1.54, 1.807) is 0 Å². The van der Waals surface area contributed by atoms with Crippen LogP contribution in [0, 0.1) is 0 Å². The van der Waals surface area contributed by atoms with Crippen LogP contribution in [0.4, 0.5) is 13.2 Å². The van der Waals surface area contributed by atoms with Crippen molar-refractivity contribution < 1.29 is 27.9 Å². The number of hydrogen-bond donors (Lipinski definition) is 1. The first kappa shape index (κ1) is 17.0. The summed E-state index contributed by atoms with van der Waals surface area (Å²) in [6, 6.07) is 6.67. The third-order valence-corrected chi connectivity index (χ3v) is 3.79. The Balaban J connectivity index is 1.87. The van der Waals surface area contributed by atoms with E-state index in [0.29, 0.717) is 0 Å². The molecule has 1 aromatic carbocycles. The Morgan fingerprint density at radius 1 is 1.28 bits per heavy atom. The molecule has 0 aliphatic heterocycles. The fraction of sp³-hybridized carbons (Fsp3) is 0.312. The molecule has 6 nitrogen and oxygen atoms in total. The van der Waals surface area contributed by atoms with Crippen molar-refractivity contribution in [2.45, 2.75) is 25.1 Å². The van der Waals surface area contributed by atoms with E-state index < -0.39 is 30.3 Å². The number of carbonyl (C=O) groups excluding carboxylic acids is 1. The summed E-state index contributed by atoms with van der Waals surface area (Å²) in [5.41, 5.74) is -0.545. The highest BCUT2D eigenvalue weighted by molar-refractivity contribution is 5.96. The maximum absolute atomic E-state index is 12.7. The SMILES string of the molecule is O=C(O)CN(C(=O)c1cccc(-n2ccc(C(F)(F)F)n2)c1)C1CC1. The molecule has 25 heavy (non-hydrogen) atoms. The summed E-state index contributed by atoms with van der Waals surface area (Å²) in [5.74, 6) is -1.58. The van der Waals surface area contributed by atoms with Crippen molar-refractivity contribution in [1.82, 2.24) is 14.7 Å². The Kier molecular flexibility index (Phi) is 4.23. The van der Waals surface area contributed by atoms with Gasteiger partial charge in [-0.25, -0.2) is 4.68 Å². The van der Waals surface area contributed by atoms with Crippen LogP contribution in [0.15, 0.2) is 36.5 Å².